The molecule has 0 spiro atoms. The Morgan fingerprint density at radius 2 is 1.73 bits per heavy atom. The molecule has 3 N–H and O–H groups in total. The molecule has 0 unspecified atom stereocenters. The number of rotatable bonds is 7. The number of hydrogen-bond acceptors (Lipinski definition) is 5. The van der Waals surface area contributed by atoms with Crippen LogP contribution < -0.4 is 10.6 Å². The molecule has 26 heavy (non-hydrogen) atoms. The Bertz CT molecular complexity index is 649. The molecule has 0 saturated heterocycles. The number of amides is 2. The van der Waals surface area contributed by atoms with E-state index in [4.69, 9.17) is 0 Å². The number of carboxylic acid groups (broad SMARTS) is 1. The minimum absolute atomic E-state index is 0.00889. The van der Waals surface area contributed by atoms with E-state index in [1.807, 2.05) is 13.8 Å². The first-order valence-corrected chi connectivity index (χ1v) is 10.0. The molecule has 0 aliphatic heterocycles. The molecule has 1 aromatic heterocycles. The lowest BCUT2D eigenvalue weighted by Crippen LogP contribution is -2.34. The second-order valence-electron chi connectivity index (χ2n) is 7.00. The van der Waals surface area contributed by atoms with E-state index >= 15 is 0 Å². The number of carboxylic acids is 1. The number of thiazole rings is 1. The normalized spacial score (nSPS) is 15.5. The fraction of sp³-hybridized carbons (Fsp3) is 0.667. The van der Waals surface area contributed by atoms with Gasteiger partial charge in [-0.1, -0.05) is 39.5 Å². The van der Waals surface area contributed by atoms with Crippen LogP contribution in [0.25, 0.3) is 0 Å². The summed E-state index contributed by atoms with van der Waals surface area (Å²) in [5, 5.41) is 15.1. The summed E-state index contributed by atoms with van der Waals surface area (Å²) >= 11 is 1.16. The smallest absolute Gasteiger partial charge is 0.355 e. The van der Waals surface area contributed by atoms with Crippen LogP contribution in [0.15, 0.2) is 0 Å². The van der Waals surface area contributed by atoms with Crippen LogP contribution in [0.1, 0.15) is 86.5 Å². The maximum atomic E-state index is 12.1. The standard InChI is InChI=1S/C18H27N3O4S/c1-11(2)16-15(17(24)25)21-18(26-16)20-14(23)10-9-13(22)19-12-7-5-3-4-6-8-12/h11-12H,3-10H2,1-2H3,(H,19,22)(H,24,25)(H,20,21,23). The highest BCUT2D eigenvalue weighted by Crippen LogP contribution is 2.30. The molecule has 0 bridgehead atoms. The van der Waals surface area contributed by atoms with Gasteiger partial charge in [0.15, 0.2) is 10.8 Å². The molecule has 1 saturated carbocycles. The second kappa shape index (κ2) is 9.66. The van der Waals surface area contributed by atoms with Gasteiger partial charge in [-0.2, -0.15) is 0 Å². The van der Waals surface area contributed by atoms with Crippen molar-refractivity contribution in [2.45, 2.75) is 77.2 Å². The summed E-state index contributed by atoms with van der Waals surface area (Å²) in [5.74, 6) is -1.54. The molecule has 8 heteroatoms. The molecule has 2 amide bonds. The zero-order valence-electron chi connectivity index (χ0n) is 15.3. The average Bonchev–Trinajstić information content (AvgIpc) is 2.83. The Morgan fingerprint density at radius 1 is 1.12 bits per heavy atom. The fourth-order valence-corrected chi connectivity index (χ4v) is 4.04. The van der Waals surface area contributed by atoms with Crippen LogP contribution in [0.4, 0.5) is 5.13 Å². The molecule has 2 rings (SSSR count). The third kappa shape index (κ3) is 6.09. The first kappa shape index (κ1) is 20.4. The Balaban J connectivity index is 1.82. The Kier molecular flexibility index (Phi) is 7.56. The number of carbonyl (C=O) groups is 3. The van der Waals surface area contributed by atoms with E-state index in [1.165, 1.54) is 12.8 Å². The number of carbonyl (C=O) groups excluding carboxylic acids is 2. The summed E-state index contributed by atoms with van der Waals surface area (Å²) < 4.78 is 0. The Morgan fingerprint density at radius 3 is 2.27 bits per heavy atom. The number of anilines is 1. The van der Waals surface area contributed by atoms with E-state index in [-0.39, 0.29) is 47.4 Å². The van der Waals surface area contributed by atoms with Crippen LogP contribution in [0.5, 0.6) is 0 Å². The molecule has 0 radical (unpaired) electrons. The summed E-state index contributed by atoms with van der Waals surface area (Å²) in [6.45, 7) is 3.76. The minimum Gasteiger partial charge on any atom is -0.476 e. The van der Waals surface area contributed by atoms with Gasteiger partial charge in [0, 0.05) is 23.8 Å². The molecule has 1 aliphatic carbocycles. The average molecular weight is 381 g/mol. The van der Waals surface area contributed by atoms with E-state index in [2.05, 4.69) is 15.6 Å². The minimum atomic E-state index is -1.10. The quantitative estimate of drug-likeness (QED) is 0.626. The van der Waals surface area contributed by atoms with Crippen molar-refractivity contribution < 1.29 is 19.5 Å². The highest BCUT2D eigenvalue weighted by Gasteiger charge is 2.21. The van der Waals surface area contributed by atoms with Crippen LogP contribution in [-0.4, -0.2) is 33.9 Å². The summed E-state index contributed by atoms with van der Waals surface area (Å²) in [5.41, 5.74) is -0.0218. The van der Waals surface area contributed by atoms with Gasteiger partial charge in [-0.25, -0.2) is 9.78 Å². The van der Waals surface area contributed by atoms with E-state index < -0.39 is 5.97 Å². The van der Waals surface area contributed by atoms with Gasteiger partial charge < -0.3 is 15.7 Å². The highest BCUT2D eigenvalue weighted by atomic mass is 32.1. The van der Waals surface area contributed by atoms with Crippen molar-refractivity contribution in [3.63, 3.8) is 0 Å². The van der Waals surface area contributed by atoms with Crippen molar-refractivity contribution in [1.82, 2.24) is 10.3 Å². The van der Waals surface area contributed by atoms with Crippen LogP contribution in [0.3, 0.4) is 0 Å². The summed E-state index contributed by atoms with van der Waals surface area (Å²) in [6.07, 6.45) is 6.91. The van der Waals surface area contributed by atoms with Crippen LogP contribution in [0.2, 0.25) is 0 Å². The van der Waals surface area contributed by atoms with Gasteiger partial charge in [-0.15, -0.1) is 11.3 Å². The van der Waals surface area contributed by atoms with E-state index in [1.54, 1.807) is 0 Å². The number of nitrogens with one attached hydrogen (secondary N) is 2. The number of nitrogens with zero attached hydrogens (tertiary/aromatic N) is 1. The Labute approximate surface area is 157 Å². The van der Waals surface area contributed by atoms with Crippen molar-refractivity contribution in [3.05, 3.63) is 10.6 Å². The van der Waals surface area contributed by atoms with Gasteiger partial charge in [-0.3, -0.25) is 9.59 Å². The topological polar surface area (TPSA) is 108 Å². The van der Waals surface area contributed by atoms with Gasteiger partial charge >= 0.3 is 5.97 Å². The van der Waals surface area contributed by atoms with Crippen molar-refractivity contribution in [3.8, 4) is 0 Å². The molecular weight excluding hydrogens is 354 g/mol. The summed E-state index contributed by atoms with van der Waals surface area (Å²) in [7, 11) is 0. The predicted molar refractivity (Wildman–Crippen MR) is 101 cm³/mol. The predicted octanol–water partition coefficient (Wildman–Crippen LogP) is 3.52. The van der Waals surface area contributed by atoms with Crippen LogP contribution >= 0.6 is 11.3 Å². The molecule has 1 fully saturated rings. The third-order valence-electron chi connectivity index (χ3n) is 4.43. The SMILES string of the molecule is CC(C)c1sc(NC(=O)CCC(=O)NC2CCCCCC2)nc1C(=O)O. The molecule has 1 aromatic rings. The molecule has 7 nitrogen and oxygen atoms in total. The van der Waals surface area contributed by atoms with E-state index in [9.17, 15) is 19.5 Å². The first-order valence-electron chi connectivity index (χ1n) is 9.20. The zero-order chi connectivity index (χ0) is 19.1. The summed E-state index contributed by atoms with van der Waals surface area (Å²) in [4.78, 5) is 39.9. The lowest BCUT2D eigenvalue weighted by Gasteiger charge is -2.15. The van der Waals surface area contributed by atoms with Crippen LogP contribution in [-0.2, 0) is 9.59 Å². The molecular formula is C18H27N3O4S. The van der Waals surface area contributed by atoms with Crippen LogP contribution in [0, 0.1) is 0 Å². The molecule has 1 heterocycles. The molecule has 144 valence electrons. The number of aromatic carboxylic acids is 1. The third-order valence-corrected chi connectivity index (χ3v) is 5.70. The van der Waals surface area contributed by atoms with Gasteiger partial charge in [0.25, 0.3) is 0 Å². The molecule has 0 atom stereocenters. The largest absolute Gasteiger partial charge is 0.476 e. The zero-order valence-corrected chi connectivity index (χ0v) is 16.2. The van der Waals surface area contributed by atoms with Crippen molar-refractivity contribution >= 4 is 34.3 Å². The van der Waals surface area contributed by atoms with E-state index in [0.717, 1.165) is 37.0 Å². The highest BCUT2D eigenvalue weighted by molar-refractivity contribution is 7.16. The monoisotopic (exact) mass is 381 g/mol. The van der Waals surface area contributed by atoms with Gasteiger partial charge in [0.2, 0.25) is 11.8 Å². The maximum absolute atomic E-state index is 12.1. The van der Waals surface area contributed by atoms with Crippen molar-refractivity contribution in [2.75, 3.05) is 5.32 Å². The van der Waals surface area contributed by atoms with E-state index in [0.29, 0.717) is 4.88 Å². The molecule has 1 aliphatic rings. The number of hydrogen-bond donors (Lipinski definition) is 3. The van der Waals surface area contributed by atoms with Gasteiger partial charge in [0.1, 0.15) is 0 Å². The maximum Gasteiger partial charge on any atom is 0.355 e. The van der Waals surface area contributed by atoms with Gasteiger partial charge in [0.05, 0.1) is 0 Å². The first-order chi connectivity index (χ1) is 12.4. The number of aromatic nitrogens is 1. The lowest BCUT2D eigenvalue weighted by molar-refractivity contribution is -0.124. The van der Waals surface area contributed by atoms with Crippen molar-refractivity contribution in [1.29, 1.82) is 0 Å². The summed E-state index contributed by atoms with van der Waals surface area (Å²) in [6, 6.07) is 0.221. The fourth-order valence-electron chi connectivity index (χ4n) is 3.06. The Hall–Kier alpha value is -1.96. The lowest BCUT2D eigenvalue weighted by atomic mass is 10.1. The second-order valence-corrected chi connectivity index (χ2v) is 8.03. The van der Waals surface area contributed by atoms with Crippen molar-refractivity contribution in [2.24, 2.45) is 0 Å². The molecule has 0 aromatic carbocycles. The van der Waals surface area contributed by atoms with Gasteiger partial charge in [-0.05, 0) is 18.8 Å².